The molecule has 2 aromatic rings. The lowest BCUT2D eigenvalue weighted by Gasteiger charge is -1.99. The second-order valence-electron chi connectivity index (χ2n) is 3.23. The van der Waals surface area contributed by atoms with Crippen molar-refractivity contribution in [2.75, 3.05) is 19.0 Å². The van der Waals surface area contributed by atoms with E-state index in [0.717, 1.165) is 12.2 Å². The first-order chi connectivity index (χ1) is 8.29. The summed E-state index contributed by atoms with van der Waals surface area (Å²) in [6, 6.07) is 0. The second-order valence-corrected chi connectivity index (χ2v) is 4.26. The quantitative estimate of drug-likeness (QED) is 0.784. The van der Waals surface area contributed by atoms with E-state index >= 15 is 0 Å². The molecule has 0 aliphatic carbocycles. The number of carbonyl (C=O) groups is 1. The van der Waals surface area contributed by atoms with Crippen LogP contribution in [0.15, 0.2) is 18.6 Å². The number of imidazole rings is 1. The zero-order chi connectivity index (χ0) is 12.1. The maximum absolute atomic E-state index is 11.2. The van der Waals surface area contributed by atoms with Crippen LogP contribution in [0, 0.1) is 0 Å². The molecule has 0 atom stereocenters. The molecule has 0 fully saturated rings. The zero-order valence-electron chi connectivity index (χ0n) is 9.27. The highest BCUT2D eigenvalue weighted by Crippen LogP contribution is 2.18. The Labute approximate surface area is 102 Å². The highest BCUT2D eigenvalue weighted by atomic mass is 32.1. The number of H-pyrrole nitrogens is 1. The number of aromatic nitrogens is 3. The van der Waals surface area contributed by atoms with Crippen LogP contribution in [0.4, 0.5) is 5.13 Å². The number of rotatable bonds is 5. The van der Waals surface area contributed by atoms with Crippen molar-refractivity contribution in [1.82, 2.24) is 15.0 Å². The summed E-state index contributed by atoms with van der Waals surface area (Å²) in [7, 11) is 1.35. The largest absolute Gasteiger partial charge is 0.465 e. The number of thiazole rings is 1. The zero-order valence-corrected chi connectivity index (χ0v) is 10.1. The third-order valence-corrected chi connectivity index (χ3v) is 3.02. The van der Waals surface area contributed by atoms with Gasteiger partial charge in [-0.25, -0.2) is 14.8 Å². The summed E-state index contributed by atoms with van der Waals surface area (Å²) in [5, 5.41) is 3.83. The first kappa shape index (κ1) is 11.6. The Bertz CT molecular complexity index is 480. The standard InChI is InChI=1S/C10H12N4O2S/c1-16-9(15)7-6-14-10(17-7)13-3-2-8-11-4-5-12-8/h4-6H,2-3H2,1H3,(H,11,12)(H,13,14). The maximum atomic E-state index is 11.2. The van der Waals surface area contributed by atoms with Crippen LogP contribution in [0.3, 0.4) is 0 Å². The van der Waals surface area contributed by atoms with E-state index in [-0.39, 0.29) is 5.97 Å². The number of aromatic amines is 1. The molecule has 0 spiro atoms. The van der Waals surface area contributed by atoms with Crippen molar-refractivity contribution in [3.8, 4) is 0 Å². The SMILES string of the molecule is COC(=O)c1cnc(NCCc2ncc[nH]2)s1. The number of nitrogens with zero attached hydrogens (tertiary/aromatic N) is 2. The molecule has 17 heavy (non-hydrogen) atoms. The predicted octanol–water partition coefficient (Wildman–Crippen LogP) is 1.31. The molecule has 2 rings (SSSR count). The highest BCUT2D eigenvalue weighted by molar-refractivity contribution is 7.17. The van der Waals surface area contributed by atoms with Crippen molar-refractivity contribution in [1.29, 1.82) is 0 Å². The van der Waals surface area contributed by atoms with Gasteiger partial charge in [-0.15, -0.1) is 0 Å². The molecular weight excluding hydrogens is 240 g/mol. The third kappa shape index (κ3) is 3.04. The summed E-state index contributed by atoms with van der Waals surface area (Å²) >= 11 is 1.28. The van der Waals surface area contributed by atoms with E-state index in [1.165, 1.54) is 24.6 Å². The summed E-state index contributed by atoms with van der Waals surface area (Å²) in [5.74, 6) is 0.559. The van der Waals surface area contributed by atoms with E-state index in [2.05, 4.69) is 25.0 Å². The van der Waals surface area contributed by atoms with E-state index in [4.69, 9.17) is 0 Å². The van der Waals surface area contributed by atoms with Crippen LogP contribution >= 0.6 is 11.3 Å². The molecule has 6 nitrogen and oxygen atoms in total. The van der Waals surface area contributed by atoms with Crippen LogP contribution in [0.5, 0.6) is 0 Å². The Morgan fingerprint density at radius 1 is 1.59 bits per heavy atom. The summed E-state index contributed by atoms with van der Waals surface area (Å²) in [4.78, 5) is 22.9. The van der Waals surface area contributed by atoms with Gasteiger partial charge in [0, 0.05) is 25.4 Å². The van der Waals surface area contributed by atoms with Crippen molar-refractivity contribution < 1.29 is 9.53 Å². The van der Waals surface area contributed by atoms with Gasteiger partial charge < -0.3 is 15.0 Å². The molecule has 0 aliphatic heterocycles. The first-order valence-electron chi connectivity index (χ1n) is 5.06. The van der Waals surface area contributed by atoms with Crippen molar-refractivity contribution in [3.05, 3.63) is 29.3 Å². The number of nitrogens with one attached hydrogen (secondary N) is 2. The third-order valence-electron chi connectivity index (χ3n) is 2.09. The number of methoxy groups -OCH3 is 1. The molecule has 0 aliphatic rings. The van der Waals surface area contributed by atoms with E-state index in [1.807, 2.05) is 0 Å². The van der Waals surface area contributed by atoms with Gasteiger partial charge in [-0.3, -0.25) is 0 Å². The molecule has 2 aromatic heterocycles. The summed E-state index contributed by atoms with van der Waals surface area (Å²) in [6.07, 6.45) is 5.79. The molecule has 0 radical (unpaired) electrons. The van der Waals surface area contributed by atoms with Gasteiger partial charge in [-0.1, -0.05) is 11.3 Å². The van der Waals surface area contributed by atoms with E-state index < -0.39 is 0 Å². The van der Waals surface area contributed by atoms with Gasteiger partial charge in [-0.2, -0.15) is 0 Å². The second kappa shape index (κ2) is 5.44. The number of hydrogen-bond donors (Lipinski definition) is 2. The lowest BCUT2D eigenvalue weighted by molar-refractivity contribution is 0.0606. The Hall–Kier alpha value is -1.89. The van der Waals surface area contributed by atoms with Crippen LogP contribution in [0.25, 0.3) is 0 Å². The van der Waals surface area contributed by atoms with Crippen LogP contribution in [-0.4, -0.2) is 34.6 Å². The topological polar surface area (TPSA) is 79.9 Å². The Morgan fingerprint density at radius 2 is 2.47 bits per heavy atom. The smallest absolute Gasteiger partial charge is 0.349 e. The molecule has 2 heterocycles. The molecular formula is C10H12N4O2S. The lowest BCUT2D eigenvalue weighted by Crippen LogP contribution is -2.05. The fourth-order valence-corrected chi connectivity index (χ4v) is 2.03. The van der Waals surface area contributed by atoms with Gasteiger partial charge in [0.2, 0.25) is 0 Å². The maximum Gasteiger partial charge on any atom is 0.349 e. The number of esters is 1. The van der Waals surface area contributed by atoms with Crippen LogP contribution in [0.2, 0.25) is 0 Å². The average Bonchev–Trinajstić information content (AvgIpc) is 2.99. The predicted molar refractivity (Wildman–Crippen MR) is 64.2 cm³/mol. The van der Waals surface area contributed by atoms with Crippen molar-refractivity contribution >= 4 is 22.4 Å². The van der Waals surface area contributed by atoms with Crippen molar-refractivity contribution in [2.24, 2.45) is 0 Å². The van der Waals surface area contributed by atoms with Gasteiger partial charge in [0.25, 0.3) is 0 Å². The van der Waals surface area contributed by atoms with Crippen LogP contribution < -0.4 is 5.32 Å². The van der Waals surface area contributed by atoms with Crippen molar-refractivity contribution in [2.45, 2.75) is 6.42 Å². The number of carbonyl (C=O) groups excluding carboxylic acids is 1. The van der Waals surface area contributed by atoms with Gasteiger partial charge in [-0.05, 0) is 0 Å². The fraction of sp³-hybridized carbons (Fsp3) is 0.300. The number of anilines is 1. The minimum Gasteiger partial charge on any atom is -0.465 e. The van der Waals surface area contributed by atoms with E-state index in [9.17, 15) is 4.79 Å². The number of ether oxygens (including phenoxy) is 1. The molecule has 0 bridgehead atoms. The minimum atomic E-state index is -0.360. The van der Waals surface area contributed by atoms with E-state index in [1.54, 1.807) is 12.4 Å². The van der Waals surface area contributed by atoms with E-state index in [0.29, 0.717) is 16.6 Å². The van der Waals surface area contributed by atoms with Gasteiger partial charge >= 0.3 is 5.97 Å². The normalized spacial score (nSPS) is 10.2. The molecule has 0 saturated heterocycles. The Balaban J connectivity index is 1.83. The monoisotopic (exact) mass is 252 g/mol. The van der Waals surface area contributed by atoms with Gasteiger partial charge in [0.1, 0.15) is 10.7 Å². The van der Waals surface area contributed by atoms with Crippen molar-refractivity contribution in [3.63, 3.8) is 0 Å². The first-order valence-corrected chi connectivity index (χ1v) is 5.87. The molecule has 0 amide bonds. The molecule has 90 valence electrons. The summed E-state index contributed by atoms with van der Waals surface area (Å²) in [6.45, 7) is 0.710. The fourth-order valence-electron chi connectivity index (χ4n) is 1.27. The molecule has 0 saturated carbocycles. The Kier molecular flexibility index (Phi) is 3.71. The Morgan fingerprint density at radius 3 is 3.18 bits per heavy atom. The highest BCUT2D eigenvalue weighted by Gasteiger charge is 2.09. The number of hydrogen-bond acceptors (Lipinski definition) is 6. The summed E-state index contributed by atoms with van der Waals surface area (Å²) < 4.78 is 4.60. The van der Waals surface area contributed by atoms with Gasteiger partial charge in [0.05, 0.1) is 13.3 Å². The van der Waals surface area contributed by atoms with Crippen LogP contribution in [0.1, 0.15) is 15.5 Å². The molecule has 0 aromatic carbocycles. The molecule has 2 N–H and O–H groups in total. The lowest BCUT2D eigenvalue weighted by atomic mass is 10.4. The van der Waals surface area contributed by atoms with Gasteiger partial charge in [0.15, 0.2) is 5.13 Å². The van der Waals surface area contributed by atoms with Crippen LogP contribution in [-0.2, 0) is 11.2 Å². The molecule has 0 unspecified atom stereocenters. The minimum absolute atomic E-state index is 0.360. The summed E-state index contributed by atoms with van der Waals surface area (Å²) in [5.41, 5.74) is 0. The average molecular weight is 252 g/mol. The molecule has 7 heteroatoms.